The van der Waals surface area contributed by atoms with Gasteiger partial charge in [-0.1, -0.05) is 145 Å². The summed E-state index contributed by atoms with van der Waals surface area (Å²) in [5, 5.41) is 2.73. The molecule has 0 unspecified atom stereocenters. The van der Waals surface area contributed by atoms with Gasteiger partial charge in [-0.25, -0.2) is 15.0 Å². The highest BCUT2D eigenvalue weighted by Gasteiger charge is 2.23. The maximum atomic E-state index is 9.38. The molecule has 0 atom stereocenters. The molecule has 0 spiro atoms. The fourth-order valence-corrected chi connectivity index (χ4v) is 8.15. The van der Waals surface area contributed by atoms with Crippen molar-refractivity contribution in [3.63, 3.8) is 0 Å². The highest BCUT2D eigenvalue weighted by atomic mass is 16.3. The molecule has 0 saturated heterocycles. The Bertz CT molecular complexity index is 3920. The first-order valence-corrected chi connectivity index (χ1v) is 18.4. The fraction of sp³-hybridized carbons (Fsp3) is 0. The second-order valence-electron chi connectivity index (χ2n) is 13.7. The van der Waals surface area contributed by atoms with Gasteiger partial charge in [0, 0.05) is 49.0 Å². The molecule has 12 rings (SSSR count). The van der Waals surface area contributed by atoms with E-state index in [0.717, 1.165) is 27.5 Å². The molecule has 6 nitrogen and oxygen atoms in total. The van der Waals surface area contributed by atoms with Crippen LogP contribution in [0.5, 0.6) is 0 Å². The van der Waals surface area contributed by atoms with Crippen molar-refractivity contribution in [3.05, 3.63) is 188 Å². The number of hydrogen-bond acceptors (Lipinski definition) is 4. The third-order valence-electron chi connectivity index (χ3n) is 10.5. The summed E-state index contributed by atoms with van der Waals surface area (Å²) in [5.74, 6) is 1.49. The van der Waals surface area contributed by atoms with Crippen LogP contribution in [0.1, 0.15) is 12.3 Å². The third kappa shape index (κ3) is 4.74. The van der Waals surface area contributed by atoms with Crippen LogP contribution in [0, 0.1) is 0 Å². The molecule has 0 fully saturated rings. The Balaban J connectivity index is 1.16. The van der Waals surface area contributed by atoms with Crippen LogP contribution >= 0.6 is 0 Å². The normalized spacial score (nSPS) is 14.1. The quantitative estimate of drug-likeness (QED) is 0.176. The molecule has 0 aliphatic heterocycles. The van der Waals surface area contributed by atoms with E-state index in [4.69, 9.17) is 27.6 Å². The predicted octanol–water partition coefficient (Wildman–Crippen LogP) is 13.0. The van der Waals surface area contributed by atoms with Gasteiger partial charge in [0.15, 0.2) is 23.1 Å². The van der Waals surface area contributed by atoms with Gasteiger partial charge >= 0.3 is 0 Å². The largest absolute Gasteiger partial charge is 0.454 e. The van der Waals surface area contributed by atoms with Crippen molar-refractivity contribution in [1.29, 1.82) is 0 Å². The highest BCUT2D eigenvalue weighted by Crippen LogP contribution is 2.43. The summed E-state index contributed by atoms with van der Waals surface area (Å²) in [7, 11) is 0. The van der Waals surface area contributed by atoms with Gasteiger partial charge in [-0.3, -0.25) is 0 Å². The molecule has 6 heteroatoms. The van der Waals surface area contributed by atoms with Crippen LogP contribution in [0.3, 0.4) is 0 Å². The van der Waals surface area contributed by atoms with Gasteiger partial charge in [-0.05, 0) is 42.4 Å². The van der Waals surface area contributed by atoms with Crippen LogP contribution in [0.2, 0.25) is 0 Å². The average Bonchev–Trinajstić information content (AvgIpc) is 4.03. The van der Waals surface area contributed by atoms with Gasteiger partial charge in [-0.15, -0.1) is 0 Å². The lowest BCUT2D eigenvalue weighted by Crippen LogP contribution is -2.00. The Morgan fingerprint density at radius 2 is 0.965 bits per heavy atom. The lowest BCUT2D eigenvalue weighted by molar-refractivity contribution is 0.666. The van der Waals surface area contributed by atoms with Crippen molar-refractivity contribution in [2.24, 2.45) is 0 Å². The topological polar surface area (TPSA) is 61.7 Å². The lowest BCUT2D eigenvalue weighted by Gasteiger charge is -2.12. The first kappa shape index (κ1) is 23.8. The number of fused-ring (bicyclic) bond motifs is 9. The third-order valence-corrected chi connectivity index (χ3v) is 10.5. The number of para-hydroxylation sites is 4. The van der Waals surface area contributed by atoms with E-state index in [1.807, 2.05) is 114 Å². The number of hydrogen-bond donors (Lipinski definition) is 0. The molecular weight excluding hydrogens is 699 g/mol. The molecule has 0 saturated carbocycles. The molecule has 4 heterocycles. The molecule has 8 aromatic carbocycles. The molecule has 57 heavy (non-hydrogen) atoms. The first-order valence-electron chi connectivity index (χ1n) is 22.9. The van der Waals surface area contributed by atoms with Crippen molar-refractivity contribution < 1.29 is 16.8 Å². The average molecular weight is 739 g/mol. The number of nitrogens with zero attached hydrogens (tertiary/aromatic N) is 5. The van der Waals surface area contributed by atoms with Gasteiger partial charge in [0.2, 0.25) is 0 Å². The van der Waals surface area contributed by atoms with Crippen molar-refractivity contribution in [1.82, 2.24) is 24.1 Å². The second kappa shape index (κ2) is 12.3. The zero-order valence-electron chi connectivity index (χ0n) is 38.8. The van der Waals surface area contributed by atoms with Crippen LogP contribution in [0.4, 0.5) is 0 Å². The van der Waals surface area contributed by atoms with Crippen molar-refractivity contribution in [2.45, 2.75) is 0 Å². The standard InChI is InChI=1S/C51H31N5O/c1-3-16-32(17-4-1)49-52-50(33-18-5-2-6-19-33)54-51(53-49)38-24-14-31-45-46(38)37-23-13-30-44(48(37)57-45)56-41-27-12-9-22-36(41)47-42(28-15-29-43(47)56)55-39-25-10-7-20-34(39)35-21-8-11-26-40(35)55/h1-31H/i7D,8D,10D,11D,20D,21D,25D,26D,27D. The van der Waals surface area contributed by atoms with Crippen LogP contribution < -0.4 is 0 Å². The summed E-state index contributed by atoms with van der Waals surface area (Å²) in [6.45, 7) is 0. The molecule has 12 aromatic rings. The zero-order valence-corrected chi connectivity index (χ0v) is 29.8. The van der Waals surface area contributed by atoms with Crippen molar-refractivity contribution in [3.8, 4) is 45.5 Å². The Morgan fingerprint density at radius 3 is 1.68 bits per heavy atom. The van der Waals surface area contributed by atoms with Crippen LogP contribution in [0.15, 0.2) is 192 Å². The highest BCUT2D eigenvalue weighted by molar-refractivity contribution is 6.18. The first-order chi connectivity index (χ1) is 32.0. The minimum Gasteiger partial charge on any atom is -0.454 e. The minimum absolute atomic E-state index is 0.00881. The predicted molar refractivity (Wildman–Crippen MR) is 232 cm³/mol. The number of aromatic nitrogens is 5. The van der Waals surface area contributed by atoms with Crippen LogP contribution in [0.25, 0.3) is 111 Å². The van der Waals surface area contributed by atoms with E-state index < -0.39 is 48.3 Å². The Labute approximate surface area is 339 Å². The smallest absolute Gasteiger partial charge is 0.164 e. The Kier molecular flexibility index (Phi) is 5.17. The molecule has 0 aliphatic rings. The SMILES string of the molecule is [2H]c1c([2H])c([2H])c2c(c1[2H])c1c([2H])c([2H])c([2H])c([2H])c1n2-c1cccc2c1c1cccc([2H])c1n2-c1cccc2c1oc1cccc(-c3nc(-c4ccccc4)nc(-c4ccccc4)n3)c12. The van der Waals surface area contributed by atoms with E-state index in [1.54, 1.807) is 24.3 Å². The van der Waals surface area contributed by atoms with Gasteiger partial charge in [0.25, 0.3) is 0 Å². The van der Waals surface area contributed by atoms with E-state index in [0.29, 0.717) is 61.8 Å². The Morgan fingerprint density at radius 1 is 0.404 bits per heavy atom. The Hall–Kier alpha value is -7.83. The monoisotopic (exact) mass is 738 g/mol. The minimum atomic E-state index is -0.515. The molecule has 0 amide bonds. The van der Waals surface area contributed by atoms with E-state index >= 15 is 0 Å². The zero-order chi connectivity index (χ0) is 45.3. The molecular formula is C51H31N5O. The summed E-state index contributed by atoms with van der Waals surface area (Å²) in [6, 6.07) is 38.4. The van der Waals surface area contributed by atoms with Crippen LogP contribution in [-0.4, -0.2) is 24.1 Å². The van der Waals surface area contributed by atoms with E-state index in [1.165, 1.54) is 4.57 Å². The second-order valence-corrected chi connectivity index (χ2v) is 13.7. The number of benzene rings is 8. The number of rotatable bonds is 5. The summed E-state index contributed by atoms with van der Waals surface area (Å²) < 4.78 is 90.6. The molecule has 0 bridgehead atoms. The van der Waals surface area contributed by atoms with E-state index in [2.05, 4.69) is 0 Å². The van der Waals surface area contributed by atoms with Gasteiger partial charge in [0.05, 0.1) is 45.8 Å². The van der Waals surface area contributed by atoms with E-state index in [-0.39, 0.29) is 27.8 Å². The molecule has 266 valence electrons. The van der Waals surface area contributed by atoms with Gasteiger partial charge in [-0.2, -0.15) is 0 Å². The summed E-state index contributed by atoms with van der Waals surface area (Å²) in [4.78, 5) is 15.0. The molecule has 0 N–H and O–H groups in total. The van der Waals surface area contributed by atoms with Crippen LogP contribution in [-0.2, 0) is 0 Å². The molecule has 4 aromatic heterocycles. The van der Waals surface area contributed by atoms with Gasteiger partial charge < -0.3 is 13.6 Å². The molecule has 0 aliphatic carbocycles. The summed E-state index contributed by atoms with van der Waals surface area (Å²) in [6.07, 6.45) is 0. The fourth-order valence-electron chi connectivity index (χ4n) is 8.15. The lowest BCUT2D eigenvalue weighted by atomic mass is 10.0. The van der Waals surface area contributed by atoms with E-state index in [9.17, 15) is 4.11 Å². The summed E-state index contributed by atoms with van der Waals surface area (Å²) >= 11 is 0. The van der Waals surface area contributed by atoms with Crippen molar-refractivity contribution >= 4 is 65.6 Å². The van der Waals surface area contributed by atoms with Crippen molar-refractivity contribution in [2.75, 3.05) is 0 Å². The number of furan rings is 1. The maximum Gasteiger partial charge on any atom is 0.164 e. The maximum absolute atomic E-state index is 9.38. The molecule has 0 radical (unpaired) electrons. The summed E-state index contributed by atoms with van der Waals surface area (Å²) in [5.41, 5.74) is 5.67. The van der Waals surface area contributed by atoms with Gasteiger partial charge in [0.1, 0.15) is 5.58 Å².